The van der Waals surface area contributed by atoms with Gasteiger partial charge in [-0.1, -0.05) is 60.5 Å². The molecule has 0 saturated carbocycles. The van der Waals surface area contributed by atoms with E-state index in [0.29, 0.717) is 29.1 Å². The molecule has 10 heteroatoms. The van der Waals surface area contributed by atoms with Crippen LogP contribution in [-0.2, 0) is 26.0 Å². The monoisotopic (exact) mass is 598 g/mol. The van der Waals surface area contributed by atoms with E-state index in [1.54, 1.807) is 48.5 Å². The lowest BCUT2D eigenvalue weighted by Gasteiger charge is -2.25. The fourth-order valence-electron chi connectivity index (χ4n) is 4.17. The molecule has 0 bridgehead atoms. The molecule has 0 aliphatic carbocycles. The molecule has 0 fully saturated rings. The predicted molar refractivity (Wildman–Crippen MR) is 169 cm³/mol. The number of carbonyl (C=O) groups is 2. The van der Waals surface area contributed by atoms with E-state index in [-0.39, 0.29) is 17.4 Å². The summed E-state index contributed by atoms with van der Waals surface area (Å²) in [5.74, 6) is -0.388. The molecular formula is C33H34N4O5S. The minimum absolute atomic E-state index is 0.0928. The van der Waals surface area contributed by atoms with Gasteiger partial charge in [-0.05, 0) is 86.0 Å². The standard InChI is InChI=1S/C33H34N4O5S/c1-4-27-7-5-6-8-31(27)37(43(40,41)30-19-11-25(3)12-20-30)22-32(38)36-34-21-26-13-17-29(18-14-26)42-23-33(39)35-28-15-9-24(2)10-16-28/h5-21H,4,22-23H2,1-3H3,(H,35,39)(H,36,38)/b34-21-. The minimum atomic E-state index is -4.03. The highest BCUT2D eigenvalue weighted by atomic mass is 32.2. The van der Waals surface area contributed by atoms with Crippen molar-refractivity contribution in [2.45, 2.75) is 32.1 Å². The second kappa shape index (κ2) is 14.3. The first-order valence-corrected chi connectivity index (χ1v) is 15.2. The number of aryl methyl sites for hydroxylation is 3. The zero-order valence-corrected chi connectivity index (χ0v) is 25.1. The summed E-state index contributed by atoms with van der Waals surface area (Å²) in [5.41, 5.74) is 7.04. The number of para-hydroxylation sites is 1. The van der Waals surface area contributed by atoms with Crippen LogP contribution in [0.5, 0.6) is 5.75 Å². The number of benzene rings is 4. The van der Waals surface area contributed by atoms with Crippen LogP contribution in [0.1, 0.15) is 29.2 Å². The second-order valence-electron chi connectivity index (χ2n) is 9.87. The Morgan fingerprint density at radius 3 is 2.12 bits per heavy atom. The number of hydrazone groups is 1. The summed E-state index contributed by atoms with van der Waals surface area (Å²) in [6.45, 7) is 5.16. The van der Waals surface area contributed by atoms with Crippen LogP contribution >= 0.6 is 0 Å². The highest BCUT2D eigenvalue weighted by Gasteiger charge is 2.28. The lowest BCUT2D eigenvalue weighted by Crippen LogP contribution is -2.40. The predicted octanol–water partition coefficient (Wildman–Crippen LogP) is 5.23. The minimum Gasteiger partial charge on any atom is -0.484 e. The zero-order valence-electron chi connectivity index (χ0n) is 24.3. The van der Waals surface area contributed by atoms with Crippen molar-refractivity contribution in [3.63, 3.8) is 0 Å². The van der Waals surface area contributed by atoms with Gasteiger partial charge in [0.2, 0.25) is 0 Å². The molecule has 0 saturated heterocycles. The van der Waals surface area contributed by atoms with Crippen LogP contribution in [0.15, 0.2) is 107 Å². The molecule has 0 aliphatic rings. The Balaban J connectivity index is 1.37. The Morgan fingerprint density at radius 1 is 0.837 bits per heavy atom. The van der Waals surface area contributed by atoms with Gasteiger partial charge in [0.25, 0.3) is 21.8 Å². The number of rotatable bonds is 12. The van der Waals surface area contributed by atoms with Crippen LogP contribution in [0.4, 0.5) is 11.4 Å². The highest BCUT2D eigenvalue weighted by molar-refractivity contribution is 7.92. The summed E-state index contributed by atoms with van der Waals surface area (Å²) in [4.78, 5) is 25.2. The van der Waals surface area contributed by atoms with Crippen molar-refractivity contribution in [3.8, 4) is 5.75 Å². The Bertz CT molecular complexity index is 1690. The van der Waals surface area contributed by atoms with Crippen molar-refractivity contribution in [3.05, 3.63) is 119 Å². The third-order valence-electron chi connectivity index (χ3n) is 6.53. The summed E-state index contributed by atoms with van der Waals surface area (Å²) in [6.07, 6.45) is 2.03. The first-order valence-electron chi connectivity index (χ1n) is 13.7. The first-order chi connectivity index (χ1) is 20.7. The van der Waals surface area contributed by atoms with Crippen LogP contribution < -0.4 is 19.8 Å². The zero-order chi connectivity index (χ0) is 30.8. The molecule has 9 nitrogen and oxygen atoms in total. The van der Waals surface area contributed by atoms with Gasteiger partial charge >= 0.3 is 0 Å². The Kier molecular flexibility index (Phi) is 10.3. The molecule has 4 aromatic carbocycles. The van der Waals surface area contributed by atoms with Gasteiger partial charge in [0.1, 0.15) is 12.3 Å². The highest BCUT2D eigenvalue weighted by Crippen LogP contribution is 2.27. The third kappa shape index (κ3) is 8.52. The molecule has 0 radical (unpaired) electrons. The molecule has 222 valence electrons. The fraction of sp³-hybridized carbons (Fsp3) is 0.182. The lowest BCUT2D eigenvalue weighted by atomic mass is 10.1. The summed E-state index contributed by atoms with van der Waals surface area (Å²) >= 11 is 0. The van der Waals surface area contributed by atoms with Gasteiger partial charge in [-0.2, -0.15) is 5.10 Å². The molecule has 0 unspecified atom stereocenters. The van der Waals surface area contributed by atoms with E-state index in [9.17, 15) is 18.0 Å². The maximum absolute atomic E-state index is 13.6. The second-order valence-corrected chi connectivity index (χ2v) is 11.7. The number of anilines is 2. The average molecular weight is 599 g/mol. The van der Waals surface area contributed by atoms with Gasteiger partial charge in [-0.3, -0.25) is 13.9 Å². The van der Waals surface area contributed by atoms with Crippen molar-refractivity contribution >= 4 is 39.4 Å². The molecule has 0 aromatic heterocycles. The molecule has 4 rings (SSSR count). The van der Waals surface area contributed by atoms with E-state index in [1.165, 1.54) is 18.3 Å². The van der Waals surface area contributed by atoms with E-state index >= 15 is 0 Å². The summed E-state index contributed by atoms with van der Waals surface area (Å²) < 4.78 is 34.0. The molecule has 43 heavy (non-hydrogen) atoms. The topological polar surface area (TPSA) is 117 Å². The molecule has 2 N–H and O–H groups in total. The van der Waals surface area contributed by atoms with Crippen LogP contribution in [0.25, 0.3) is 0 Å². The van der Waals surface area contributed by atoms with E-state index in [0.717, 1.165) is 21.0 Å². The molecule has 4 aromatic rings. The third-order valence-corrected chi connectivity index (χ3v) is 8.30. The number of carbonyl (C=O) groups excluding carboxylic acids is 2. The Hall–Kier alpha value is -4.96. The van der Waals surface area contributed by atoms with E-state index in [1.807, 2.05) is 57.2 Å². The van der Waals surface area contributed by atoms with Crippen LogP contribution in [0.3, 0.4) is 0 Å². The maximum atomic E-state index is 13.6. The van der Waals surface area contributed by atoms with Crippen molar-refractivity contribution in [1.82, 2.24) is 5.43 Å². The number of hydrogen-bond donors (Lipinski definition) is 2. The van der Waals surface area contributed by atoms with Crippen LogP contribution in [0.2, 0.25) is 0 Å². The summed E-state index contributed by atoms with van der Waals surface area (Å²) in [6, 6.07) is 27.9. The van der Waals surface area contributed by atoms with Gasteiger partial charge in [0.05, 0.1) is 16.8 Å². The van der Waals surface area contributed by atoms with E-state index in [4.69, 9.17) is 4.74 Å². The quantitative estimate of drug-likeness (QED) is 0.171. The molecule has 0 atom stereocenters. The SMILES string of the molecule is CCc1ccccc1N(CC(=O)N/N=C\c1ccc(OCC(=O)Nc2ccc(C)cc2)cc1)S(=O)(=O)c1ccc(C)cc1. The van der Waals surface area contributed by atoms with E-state index in [2.05, 4.69) is 15.8 Å². The van der Waals surface area contributed by atoms with Gasteiger partial charge in [-0.15, -0.1) is 0 Å². The number of amides is 2. The van der Waals surface area contributed by atoms with Gasteiger partial charge in [0.15, 0.2) is 6.61 Å². The van der Waals surface area contributed by atoms with Crippen molar-refractivity contribution in [2.24, 2.45) is 5.10 Å². The number of nitrogens with one attached hydrogen (secondary N) is 2. The molecule has 0 spiro atoms. The maximum Gasteiger partial charge on any atom is 0.264 e. The fourth-order valence-corrected chi connectivity index (χ4v) is 5.63. The smallest absolute Gasteiger partial charge is 0.264 e. The van der Waals surface area contributed by atoms with Crippen molar-refractivity contribution in [2.75, 3.05) is 22.8 Å². The summed E-state index contributed by atoms with van der Waals surface area (Å²) in [5, 5.41) is 6.78. The van der Waals surface area contributed by atoms with Crippen LogP contribution in [-0.4, -0.2) is 39.6 Å². The average Bonchev–Trinajstić information content (AvgIpc) is 3.01. The normalized spacial score (nSPS) is 11.2. The van der Waals surface area contributed by atoms with Crippen molar-refractivity contribution < 1.29 is 22.7 Å². The van der Waals surface area contributed by atoms with Gasteiger partial charge in [0, 0.05) is 5.69 Å². The molecule has 0 aliphatic heterocycles. The lowest BCUT2D eigenvalue weighted by molar-refractivity contribution is -0.119. The number of nitrogens with zero attached hydrogens (tertiary/aromatic N) is 2. The Labute approximate surface area is 252 Å². The summed E-state index contributed by atoms with van der Waals surface area (Å²) in [7, 11) is -4.03. The Morgan fingerprint density at radius 2 is 1.47 bits per heavy atom. The number of ether oxygens (including phenoxy) is 1. The van der Waals surface area contributed by atoms with E-state index < -0.39 is 22.5 Å². The number of hydrogen-bond acceptors (Lipinski definition) is 6. The molecule has 2 amide bonds. The number of sulfonamides is 1. The molecule has 0 heterocycles. The molecular weight excluding hydrogens is 564 g/mol. The van der Waals surface area contributed by atoms with Gasteiger partial charge < -0.3 is 10.1 Å². The first kappa shape index (κ1) is 31.0. The van der Waals surface area contributed by atoms with Crippen molar-refractivity contribution in [1.29, 1.82) is 0 Å². The largest absolute Gasteiger partial charge is 0.484 e. The van der Waals surface area contributed by atoms with Gasteiger partial charge in [-0.25, -0.2) is 13.8 Å². The van der Waals surface area contributed by atoms with Crippen LogP contribution in [0, 0.1) is 13.8 Å².